The molecule has 2 aromatic carbocycles. The fourth-order valence-electron chi connectivity index (χ4n) is 1.93. The molecular formula is C16H19N. The highest BCUT2D eigenvalue weighted by atomic mass is 14.9. The van der Waals surface area contributed by atoms with Crippen molar-refractivity contribution in [1.82, 2.24) is 5.32 Å². The van der Waals surface area contributed by atoms with E-state index in [0.717, 1.165) is 6.54 Å². The van der Waals surface area contributed by atoms with Crippen molar-refractivity contribution in [2.45, 2.75) is 26.4 Å². The van der Waals surface area contributed by atoms with Crippen LogP contribution in [0.1, 0.15) is 29.7 Å². The first-order chi connectivity index (χ1) is 8.27. The molecule has 0 radical (unpaired) electrons. The van der Waals surface area contributed by atoms with Crippen LogP contribution in [0, 0.1) is 6.92 Å². The van der Waals surface area contributed by atoms with Crippen LogP contribution in [0.5, 0.6) is 0 Å². The van der Waals surface area contributed by atoms with E-state index in [1.165, 1.54) is 16.7 Å². The van der Waals surface area contributed by atoms with E-state index in [1.807, 2.05) is 0 Å². The minimum absolute atomic E-state index is 0.385. The summed E-state index contributed by atoms with van der Waals surface area (Å²) >= 11 is 0. The van der Waals surface area contributed by atoms with Gasteiger partial charge in [-0.2, -0.15) is 0 Å². The van der Waals surface area contributed by atoms with Crippen LogP contribution >= 0.6 is 0 Å². The van der Waals surface area contributed by atoms with Crippen molar-refractivity contribution in [3.63, 3.8) is 0 Å². The predicted octanol–water partition coefficient (Wildman–Crippen LogP) is 3.85. The molecule has 0 aliphatic heterocycles. The van der Waals surface area contributed by atoms with Crippen molar-refractivity contribution >= 4 is 0 Å². The Morgan fingerprint density at radius 3 is 2.29 bits per heavy atom. The summed E-state index contributed by atoms with van der Waals surface area (Å²) in [4.78, 5) is 0. The molecule has 0 fully saturated rings. The Hall–Kier alpha value is -1.60. The summed E-state index contributed by atoms with van der Waals surface area (Å²) in [6.07, 6.45) is 0. The first kappa shape index (κ1) is 11.9. The molecule has 1 nitrogen and oxygen atoms in total. The predicted molar refractivity (Wildman–Crippen MR) is 72.9 cm³/mol. The maximum absolute atomic E-state index is 3.56. The molecule has 88 valence electrons. The van der Waals surface area contributed by atoms with Gasteiger partial charge in [0.05, 0.1) is 0 Å². The first-order valence-electron chi connectivity index (χ1n) is 6.10. The standard InChI is InChI=1S/C16H19N/c1-13-8-6-7-11-16(13)12-17-14(2)15-9-4-3-5-10-15/h3-11,14,17H,12H2,1-2H3/t14-/m1/s1. The van der Waals surface area contributed by atoms with Gasteiger partial charge in [0.2, 0.25) is 0 Å². The van der Waals surface area contributed by atoms with Crippen molar-refractivity contribution in [2.24, 2.45) is 0 Å². The van der Waals surface area contributed by atoms with Crippen LogP contribution < -0.4 is 5.32 Å². The van der Waals surface area contributed by atoms with E-state index in [4.69, 9.17) is 0 Å². The van der Waals surface area contributed by atoms with Crippen molar-refractivity contribution < 1.29 is 0 Å². The SMILES string of the molecule is Cc1ccccc1CN[C@H](C)c1ccccc1. The zero-order valence-electron chi connectivity index (χ0n) is 10.5. The van der Waals surface area contributed by atoms with Gasteiger partial charge in [-0.15, -0.1) is 0 Å². The summed E-state index contributed by atoms with van der Waals surface area (Å²) < 4.78 is 0. The lowest BCUT2D eigenvalue weighted by Gasteiger charge is -2.15. The van der Waals surface area contributed by atoms with E-state index in [2.05, 4.69) is 73.8 Å². The van der Waals surface area contributed by atoms with Crippen LogP contribution in [0.15, 0.2) is 54.6 Å². The molecule has 2 rings (SSSR count). The van der Waals surface area contributed by atoms with E-state index in [-0.39, 0.29) is 0 Å². The van der Waals surface area contributed by atoms with Crippen molar-refractivity contribution in [3.8, 4) is 0 Å². The molecule has 0 saturated carbocycles. The Morgan fingerprint density at radius 2 is 1.59 bits per heavy atom. The van der Waals surface area contributed by atoms with E-state index in [0.29, 0.717) is 6.04 Å². The van der Waals surface area contributed by atoms with Gasteiger partial charge < -0.3 is 5.32 Å². The van der Waals surface area contributed by atoms with Crippen LogP contribution in [-0.2, 0) is 6.54 Å². The minimum atomic E-state index is 0.385. The molecule has 0 aliphatic carbocycles. The summed E-state index contributed by atoms with van der Waals surface area (Å²) in [7, 11) is 0. The molecule has 2 aromatic rings. The van der Waals surface area contributed by atoms with Gasteiger partial charge >= 0.3 is 0 Å². The molecule has 17 heavy (non-hydrogen) atoms. The Morgan fingerprint density at radius 1 is 0.941 bits per heavy atom. The summed E-state index contributed by atoms with van der Waals surface area (Å²) in [5.41, 5.74) is 4.05. The van der Waals surface area contributed by atoms with Crippen molar-refractivity contribution in [1.29, 1.82) is 0 Å². The van der Waals surface area contributed by atoms with Crippen molar-refractivity contribution in [2.75, 3.05) is 0 Å². The fraction of sp³-hybridized carbons (Fsp3) is 0.250. The number of hydrogen-bond acceptors (Lipinski definition) is 1. The van der Waals surface area contributed by atoms with E-state index < -0.39 is 0 Å². The van der Waals surface area contributed by atoms with Crippen LogP contribution in [0.3, 0.4) is 0 Å². The normalized spacial score (nSPS) is 12.4. The van der Waals surface area contributed by atoms with Crippen LogP contribution in [-0.4, -0.2) is 0 Å². The number of rotatable bonds is 4. The zero-order valence-corrected chi connectivity index (χ0v) is 10.5. The molecule has 1 N–H and O–H groups in total. The third-order valence-corrected chi connectivity index (χ3v) is 3.16. The van der Waals surface area contributed by atoms with Gasteiger partial charge in [0.15, 0.2) is 0 Å². The van der Waals surface area contributed by atoms with Crippen molar-refractivity contribution in [3.05, 3.63) is 71.3 Å². The highest BCUT2D eigenvalue weighted by Crippen LogP contribution is 2.13. The number of nitrogens with one attached hydrogen (secondary N) is 1. The largest absolute Gasteiger partial charge is 0.306 e. The van der Waals surface area contributed by atoms with Gasteiger partial charge in [-0.25, -0.2) is 0 Å². The van der Waals surface area contributed by atoms with Gasteiger partial charge in [-0.1, -0.05) is 54.6 Å². The maximum atomic E-state index is 3.56. The Kier molecular flexibility index (Phi) is 3.94. The molecular weight excluding hydrogens is 206 g/mol. The molecule has 0 aromatic heterocycles. The first-order valence-corrected chi connectivity index (χ1v) is 6.10. The average molecular weight is 225 g/mol. The van der Waals surface area contributed by atoms with E-state index in [9.17, 15) is 0 Å². The molecule has 0 heterocycles. The lowest BCUT2D eigenvalue weighted by molar-refractivity contribution is 0.573. The summed E-state index contributed by atoms with van der Waals surface area (Å²) in [5, 5.41) is 3.56. The molecule has 0 bridgehead atoms. The Bertz CT molecular complexity index is 462. The quantitative estimate of drug-likeness (QED) is 0.833. The average Bonchev–Trinajstić information content (AvgIpc) is 2.38. The molecule has 1 atom stereocenters. The molecule has 0 saturated heterocycles. The highest BCUT2D eigenvalue weighted by molar-refractivity contribution is 5.26. The van der Waals surface area contributed by atoms with E-state index >= 15 is 0 Å². The lowest BCUT2D eigenvalue weighted by atomic mass is 10.1. The molecule has 0 amide bonds. The second-order valence-electron chi connectivity index (χ2n) is 4.44. The van der Waals surface area contributed by atoms with Gasteiger partial charge in [-0.05, 0) is 30.5 Å². The highest BCUT2D eigenvalue weighted by Gasteiger charge is 2.04. The smallest absolute Gasteiger partial charge is 0.0294 e. The number of aryl methyl sites for hydroxylation is 1. The van der Waals surface area contributed by atoms with Crippen LogP contribution in [0.25, 0.3) is 0 Å². The second kappa shape index (κ2) is 5.65. The van der Waals surface area contributed by atoms with Gasteiger partial charge in [0.25, 0.3) is 0 Å². The Balaban J connectivity index is 1.97. The topological polar surface area (TPSA) is 12.0 Å². The second-order valence-corrected chi connectivity index (χ2v) is 4.44. The lowest BCUT2D eigenvalue weighted by Crippen LogP contribution is -2.18. The molecule has 0 aliphatic rings. The summed E-state index contributed by atoms with van der Waals surface area (Å²) in [5.74, 6) is 0. The monoisotopic (exact) mass is 225 g/mol. The third-order valence-electron chi connectivity index (χ3n) is 3.16. The van der Waals surface area contributed by atoms with Gasteiger partial charge in [0.1, 0.15) is 0 Å². The Labute approximate surface area is 103 Å². The van der Waals surface area contributed by atoms with Crippen LogP contribution in [0.2, 0.25) is 0 Å². The number of benzene rings is 2. The third kappa shape index (κ3) is 3.18. The zero-order chi connectivity index (χ0) is 12.1. The minimum Gasteiger partial charge on any atom is -0.306 e. The van der Waals surface area contributed by atoms with Gasteiger partial charge in [0, 0.05) is 12.6 Å². The molecule has 0 unspecified atom stereocenters. The fourth-order valence-corrected chi connectivity index (χ4v) is 1.93. The number of hydrogen-bond donors (Lipinski definition) is 1. The summed E-state index contributed by atoms with van der Waals surface area (Å²) in [6.45, 7) is 5.28. The molecule has 0 spiro atoms. The maximum Gasteiger partial charge on any atom is 0.0294 e. The van der Waals surface area contributed by atoms with E-state index in [1.54, 1.807) is 0 Å². The summed E-state index contributed by atoms with van der Waals surface area (Å²) in [6, 6.07) is 19.4. The van der Waals surface area contributed by atoms with Crippen LogP contribution in [0.4, 0.5) is 0 Å². The molecule has 1 heteroatoms. The van der Waals surface area contributed by atoms with Gasteiger partial charge in [-0.3, -0.25) is 0 Å².